The summed E-state index contributed by atoms with van der Waals surface area (Å²) in [7, 11) is 0. The first-order valence-electron chi connectivity index (χ1n) is 7.00. The van der Waals surface area contributed by atoms with E-state index in [0.29, 0.717) is 22.9 Å². The average molecular weight is 428 g/mol. The van der Waals surface area contributed by atoms with E-state index in [0.717, 1.165) is 14.8 Å². The Balaban J connectivity index is 2.07. The summed E-state index contributed by atoms with van der Waals surface area (Å²) >= 11 is 8.44. The van der Waals surface area contributed by atoms with Gasteiger partial charge < -0.3 is 9.64 Å². The van der Waals surface area contributed by atoms with Crippen molar-refractivity contribution >= 4 is 45.8 Å². The predicted molar refractivity (Wildman–Crippen MR) is 97.1 cm³/mol. The summed E-state index contributed by atoms with van der Waals surface area (Å²) in [5, 5.41) is 0.529. The summed E-state index contributed by atoms with van der Waals surface area (Å²) in [5.74, 6) is 0.564. The topological polar surface area (TPSA) is 29.5 Å². The second kappa shape index (κ2) is 6.08. The van der Waals surface area contributed by atoms with Gasteiger partial charge in [-0.2, -0.15) is 0 Å². The molecule has 5 heteroatoms. The van der Waals surface area contributed by atoms with E-state index in [9.17, 15) is 4.79 Å². The first kappa shape index (κ1) is 15.6. The minimum Gasteiger partial charge on any atom is -0.485 e. The van der Waals surface area contributed by atoms with Gasteiger partial charge in [0.25, 0.3) is 5.91 Å². The fourth-order valence-corrected chi connectivity index (χ4v) is 3.29. The maximum atomic E-state index is 13.0. The molecule has 1 atom stereocenters. The molecule has 1 amide bonds. The number of carbonyl (C=O) groups is 1. The number of anilines is 1. The van der Waals surface area contributed by atoms with Crippen molar-refractivity contribution in [3.05, 3.63) is 56.1 Å². The Labute approximate surface area is 148 Å². The Morgan fingerprint density at radius 1 is 1.36 bits per heavy atom. The largest absolute Gasteiger partial charge is 0.485 e. The molecule has 0 saturated carbocycles. The quantitative estimate of drug-likeness (QED) is 0.619. The Kier molecular flexibility index (Phi) is 4.32. The molecule has 0 fully saturated rings. The molecular formula is C17H15ClINO2. The van der Waals surface area contributed by atoms with Gasteiger partial charge in [-0.15, -0.1) is 0 Å². The van der Waals surface area contributed by atoms with Gasteiger partial charge in [0.05, 0.1) is 17.3 Å². The third-order valence-electron chi connectivity index (χ3n) is 3.67. The SMILES string of the molecule is Cc1ccc(I)cc1C(=O)N1C[C@H](C)Oc2c(Cl)cccc21. The summed E-state index contributed by atoms with van der Waals surface area (Å²) in [6.45, 7) is 4.40. The smallest absolute Gasteiger partial charge is 0.258 e. The minimum atomic E-state index is -0.0977. The molecule has 22 heavy (non-hydrogen) atoms. The number of halogens is 2. The number of amides is 1. The lowest BCUT2D eigenvalue weighted by atomic mass is 10.1. The van der Waals surface area contributed by atoms with E-state index < -0.39 is 0 Å². The molecule has 3 nitrogen and oxygen atoms in total. The summed E-state index contributed by atoms with van der Waals surface area (Å²) in [5.41, 5.74) is 2.41. The highest BCUT2D eigenvalue weighted by atomic mass is 127. The van der Waals surface area contributed by atoms with Crippen LogP contribution < -0.4 is 9.64 Å². The van der Waals surface area contributed by atoms with Crippen molar-refractivity contribution in [3.63, 3.8) is 0 Å². The summed E-state index contributed by atoms with van der Waals surface area (Å²) < 4.78 is 6.85. The number of hydrogen-bond donors (Lipinski definition) is 0. The number of fused-ring (bicyclic) bond motifs is 1. The number of hydrogen-bond acceptors (Lipinski definition) is 2. The molecule has 1 heterocycles. The Morgan fingerprint density at radius 2 is 2.14 bits per heavy atom. The van der Waals surface area contributed by atoms with Gasteiger partial charge in [0.15, 0.2) is 5.75 Å². The van der Waals surface area contributed by atoms with Gasteiger partial charge in [-0.05, 0) is 66.3 Å². The highest BCUT2D eigenvalue weighted by molar-refractivity contribution is 14.1. The highest BCUT2D eigenvalue weighted by Gasteiger charge is 2.30. The van der Waals surface area contributed by atoms with Crippen LogP contribution in [0.1, 0.15) is 22.8 Å². The number of rotatable bonds is 1. The van der Waals surface area contributed by atoms with Crippen molar-refractivity contribution in [2.75, 3.05) is 11.4 Å². The van der Waals surface area contributed by atoms with Gasteiger partial charge in [0, 0.05) is 9.13 Å². The first-order chi connectivity index (χ1) is 10.5. The number of carbonyl (C=O) groups excluding carboxylic acids is 1. The monoisotopic (exact) mass is 427 g/mol. The van der Waals surface area contributed by atoms with Gasteiger partial charge in [-0.25, -0.2) is 0 Å². The number of ether oxygens (including phenoxy) is 1. The normalized spacial score (nSPS) is 16.9. The zero-order valence-electron chi connectivity index (χ0n) is 12.3. The molecule has 0 aliphatic carbocycles. The summed E-state index contributed by atoms with van der Waals surface area (Å²) in [6, 6.07) is 11.4. The molecule has 0 N–H and O–H groups in total. The number of nitrogens with zero attached hydrogens (tertiary/aromatic N) is 1. The first-order valence-corrected chi connectivity index (χ1v) is 8.46. The van der Waals surface area contributed by atoms with Crippen molar-refractivity contribution in [3.8, 4) is 5.75 Å². The third-order valence-corrected chi connectivity index (χ3v) is 4.64. The van der Waals surface area contributed by atoms with Crippen molar-refractivity contribution < 1.29 is 9.53 Å². The molecule has 0 radical (unpaired) electrons. The van der Waals surface area contributed by atoms with Crippen LogP contribution in [0.2, 0.25) is 5.02 Å². The van der Waals surface area contributed by atoms with Gasteiger partial charge in [-0.3, -0.25) is 4.79 Å². The zero-order valence-corrected chi connectivity index (χ0v) is 15.2. The molecule has 114 valence electrons. The molecule has 1 aliphatic heterocycles. The number of aryl methyl sites for hydroxylation is 1. The highest BCUT2D eigenvalue weighted by Crippen LogP contribution is 2.40. The van der Waals surface area contributed by atoms with Crippen LogP contribution in [0.3, 0.4) is 0 Å². The van der Waals surface area contributed by atoms with E-state index >= 15 is 0 Å². The lowest BCUT2D eigenvalue weighted by Crippen LogP contribution is -2.42. The fraction of sp³-hybridized carbons (Fsp3) is 0.235. The third kappa shape index (κ3) is 2.82. The van der Waals surface area contributed by atoms with Crippen LogP contribution in [-0.2, 0) is 0 Å². The second-order valence-corrected chi connectivity index (χ2v) is 7.04. The minimum absolute atomic E-state index is 0.0188. The summed E-state index contributed by atoms with van der Waals surface area (Å²) in [4.78, 5) is 14.8. The van der Waals surface area contributed by atoms with E-state index in [2.05, 4.69) is 22.6 Å². The van der Waals surface area contributed by atoms with Gasteiger partial charge in [0.1, 0.15) is 6.10 Å². The Hall–Kier alpha value is -1.27. The summed E-state index contributed by atoms with van der Waals surface area (Å²) in [6.07, 6.45) is -0.0977. The lowest BCUT2D eigenvalue weighted by Gasteiger charge is -2.34. The van der Waals surface area contributed by atoms with Gasteiger partial charge in [0.2, 0.25) is 0 Å². The fourth-order valence-electron chi connectivity index (χ4n) is 2.58. The molecule has 0 unspecified atom stereocenters. The van der Waals surface area contributed by atoms with E-state index in [1.165, 1.54) is 0 Å². The standard InChI is InChI=1S/C17H15ClINO2/c1-10-6-7-12(19)8-13(10)17(21)20-9-11(2)22-16-14(18)4-3-5-15(16)20/h3-8,11H,9H2,1-2H3/t11-/m0/s1. The molecule has 3 rings (SSSR count). The van der Waals surface area contributed by atoms with Crippen LogP contribution in [0.4, 0.5) is 5.69 Å². The maximum absolute atomic E-state index is 13.0. The molecule has 0 aromatic heterocycles. The van der Waals surface area contributed by atoms with Gasteiger partial charge >= 0.3 is 0 Å². The Bertz CT molecular complexity index is 747. The second-order valence-electron chi connectivity index (χ2n) is 5.39. The predicted octanol–water partition coefficient (Wildman–Crippen LogP) is 4.68. The average Bonchev–Trinajstić information content (AvgIpc) is 2.49. The maximum Gasteiger partial charge on any atom is 0.258 e. The lowest BCUT2D eigenvalue weighted by molar-refractivity contribution is 0.0960. The molecule has 0 saturated heterocycles. The van der Waals surface area contributed by atoms with Crippen molar-refractivity contribution in [1.29, 1.82) is 0 Å². The van der Waals surface area contributed by atoms with Crippen LogP contribution in [0.5, 0.6) is 5.75 Å². The van der Waals surface area contributed by atoms with Crippen LogP contribution in [0, 0.1) is 10.5 Å². The van der Waals surface area contributed by atoms with Crippen LogP contribution in [0.15, 0.2) is 36.4 Å². The van der Waals surface area contributed by atoms with Crippen LogP contribution in [0.25, 0.3) is 0 Å². The Morgan fingerprint density at radius 3 is 2.91 bits per heavy atom. The van der Waals surface area contributed by atoms with Crippen molar-refractivity contribution in [2.24, 2.45) is 0 Å². The van der Waals surface area contributed by atoms with Crippen molar-refractivity contribution in [2.45, 2.75) is 20.0 Å². The van der Waals surface area contributed by atoms with Crippen LogP contribution in [-0.4, -0.2) is 18.6 Å². The molecule has 2 aromatic carbocycles. The van der Waals surface area contributed by atoms with Gasteiger partial charge in [-0.1, -0.05) is 23.7 Å². The van der Waals surface area contributed by atoms with E-state index in [1.54, 1.807) is 11.0 Å². The zero-order chi connectivity index (χ0) is 15.9. The molecule has 2 aromatic rings. The molecule has 0 bridgehead atoms. The van der Waals surface area contributed by atoms with E-state index in [4.69, 9.17) is 16.3 Å². The number of benzene rings is 2. The number of para-hydroxylation sites is 1. The molecule has 1 aliphatic rings. The van der Waals surface area contributed by atoms with E-state index in [1.807, 2.05) is 44.2 Å². The van der Waals surface area contributed by atoms with E-state index in [-0.39, 0.29) is 12.0 Å². The van der Waals surface area contributed by atoms with Crippen LogP contribution >= 0.6 is 34.2 Å². The van der Waals surface area contributed by atoms with Crippen molar-refractivity contribution in [1.82, 2.24) is 0 Å². The molecular weight excluding hydrogens is 413 g/mol. The molecule has 0 spiro atoms.